The van der Waals surface area contributed by atoms with Crippen molar-refractivity contribution in [3.63, 3.8) is 0 Å². The van der Waals surface area contributed by atoms with Gasteiger partial charge in [-0.1, -0.05) is 6.07 Å². The molecule has 33 heavy (non-hydrogen) atoms. The monoisotopic (exact) mass is 471 g/mol. The van der Waals surface area contributed by atoms with Crippen molar-refractivity contribution in [3.05, 3.63) is 75.4 Å². The molecule has 1 saturated heterocycles. The molecule has 3 heterocycles. The number of hydrogen-bond acceptors (Lipinski definition) is 4. The number of halogens is 3. The van der Waals surface area contributed by atoms with Gasteiger partial charge in [0.05, 0.1) is 12.3 Å². The molecule has 1 aliphatic rings. The summed E-state index contributed by atoms with van der Waals surface area (Å²) in [7, 11) is 0. The number of benzene rings is 1. The number of aryl methyl sites for hydroxylation is 1. The molecule has 11 heteroatoms. The van der Waals surface area contributed by atoms with E-state index in [1.807, 2.05) is 0 Å². The summed E-state index contributed by atoms with van der Waals surface area (Å²) in [5, 5.41) is 0.0314. The van der Waals surface area contributed by atoms with E-state index in [0.717, 1.165) is 10.5 Å². The molecular formula is C22H16F3N5O2S. The molecule has 4 rings (SSSR count). The lowest BCUT2D eigenvalue weighted by Crippen LogP contribution is -2.44. The lowest BCUT2D eigenvalue weighted by Gasteiger charge is -2.29. The molecule has 0 aliphatic carbocycles. The smallest absolute Gasteiger partial charge is 0.280 e. The lowest BCUT2D eigenvalue weighted by atomic mass is 10.0. The molecule has 1 fully saturated rings. The molecule has 0 unspecified atom stereocenters. The summed E-state index contributed by atoms with van der Waals surface area (Å²) >= 11 is 5.56. The average molecular weight is 471 g/mol. The van der Waals surface area contributed by atoms with Gasteiger partial charge in [-0.2, -0.15) is 0 Å². The highest BCUT2D eigenvalue weighted by Gasteiger charge is 2.50. The first-order valence-electron chi connectivity index (χ1n) is 9.65. The van der Waals surface area contributed by atoms with Gasteiger partial charge in [-0.15, -0.1) is 0 Å². The fourth-order valence-corrected chi connectivity index (χ4v) is 4.28. The number of alkyl halides is 2. The van der Waals surface area contributed by atoms with Crippen LogP contribution in [-0.2, 0) is 4.79 Å². The normalized spacial score (nSPS) is 15.6. The first-order valence-corrected chi connectivity index (χ1v) is 10.1. The van der Waals surface area contributed by atoms with E-state index in [1.165, 1.54) is 16.0 Å². The third kappa shape index (κ3) is 3.43. The summed E-state index contributed by atoms with van der Waals surface area (Å²) in [4.78, 5) is 35.3. The number of hydrogen-bond donors (Lipinski definition) is 0. The third-order valence-electron chi connectivity index (χ3n) is 5.43. The summed E-state index contributed by atoms with van der Waals surface area (Å²) in [6.45, 7) is 12.1. The largest absolute Gasteiger partial charge is 0.302 e. The van der Waals surface area contributed by atoms with E-state index in [-0.39, 0.29) is 10.8 Å². The topological polar surface area (TPSA) is 62.3 Å². The first-order chi connectivity index (χ1) is 15.5. The second-order valence-electron chi connectivity index (χ2n) is 7.96. The van der Waals surface area contributed by atoms with Crippen molar-refractivity contribution in [3.8, 4) is 0 Å². The molecule has 7 nitrogen and oxygen atoms in total. The van der Waals surface area contributed by atoms with E-state index < -0.39 is 40.6 Å². The highest BCUT2D eigenvalue weighted by Crippen LogP contribution is 2.37. The number of thiocarbonyl (C=S) groups is 1. The van der Waals surface area contributed by atoms with Gasteiger partial charge in [-0.05, 0) is 50.7 Å². The quantitative estimate of drug-likeness (QED) is 0.415. The Labute approximate surface area is 191 Å². The van der Waals surface area contributed by atoms with Gasteiger partial charge in [0.1, 0.15) is 11.2 Å². The van der Waals surface area contributed by atoms with Crippen LogP contribution in [0.5, 0.6) is 0 Å². The molecule has 3 aromatic rings. The number of carbonyl (C=O) groups excluding carboxylic acids is 1. The number of aromatic nitrogens is 2. The maximum atomic E-state index is 14.9. The van der Waals surface area contributed by atoms with E-state index in [0.29, 0.717) is 23.0 Å². The number of amides is 1. The minimum atomic E-state index is -3.03. The van der Waals surface area contributed by atoms with Crippen LogP contribution in [0.4, 0.5) is 30.2 Å². The second kappa shape index (κ2) is 7.67. The summed E-state index contributed by atoms with van der Waals surface area (Å²) < 4.78 is 41.7. The van der Waals surface area contributed by atoms with Crippen LogP contribution in [0.25, 0.3) is 10.5 Å². The maximum Gasteiger partial charge on any atom is 0.280 e. The van der Waals surface area contributed by atoms with Crippen LogP contribution in [-0.4, -0.2) is 25.9 Å². The van der Waals surface area contributed by atoms with Crippen molar-refractivity contribution in [2.45, 2.75) is 32.7 Å². The number of carbonyl (C=O) groups is 1. The molecule has 0 N–H and O–H groups in total. The molecule has 0 spiro atoms. The van der Waals surface area contributed by atoms with E-state index in [1.54, 1.807) is 39.0 Å². The summed E-state index contributed by atoms with van der Waals surface area (Å²) in [5.41, 5.74) is -1.95. The fraction of sp³-hybridized carbons (Fsp3) is 0.227. The standard InChI is InChI=1S/C22H16F3N5O2S/c1-11-7-12(5-6-15(11)26-4)29-20(32)22(2,3)30(21(29)33)13-8-14(23)19-27-16(18(24)25)9-17(31)28(19)10-13/h5-10,18H,1-3H3. The molecule has 0 bridgehead atoms. The van der Waals surface area contributed by atoms with Gasteiger partial charge in [-0.3, -0.25) is 18.9 Å². The van der Waals surface area contributed by atoms with Crippen LogP contribution in [0.2, 0.25) is 0 Å². The van der Waals surface area contributed by atoms with Gasteiger partial charge in [0.15, 0.2) is 22.3 Å². The van der Waals surface area contributed by atoms with Crippen LogP contribution in [0.1, 0.15) is 31.5 Å². The number of anilines is 2. The summed E-state index contributed by atoms with van der Waals surface area (Å²) in [6, 6.07) is 6.44. The van der Waals surface area contributed by atoms with E-state index in [4.69, 9.17) is 18.8 Å². The molecule has 168 valence electrons. The Morgan fingerprint density at radius 3 is 2.45 bits per heavy atom. The van der Waals surface area contributed by atoms with Crippen LogP contribution in [0.15, 0.2) is 41.3 Å². The Balaban J connectivity index is 1.86. The zero-order valence-corrected chi connectivity index (χ0v) is 18.5. The van der Waals surface area contributed by atoms with Gasteiger partial charge >= 0.3 is 0 Å². The first kappa shape index (κ1) is 22.4. The molecule has 1 aromatic carbocycles. The minimum Gasteiger partial charge on any atom is -0.302 e. The van der Waals surface area contributed by atoms with Gasteiger partial charge in [0.2, 0.25) is 0 Å². The third-order valence-corrected chi connectivity index (χ3v) is 5.80. The molecule has 0 saturated carbocycles. The molecule has 0 radical (unpaired) electrons. The van der Waals surface area contributed by atoms with Crippen LogP contribution < -0.4 is 15.4 Å². The molecular weight excluding hydrogens is 455 g/mol. The zero-order valence-electron chi connectivity index (χ0n) is 17.6. The summed E-state index contributed by atoms with van der Waals surface area (Å²) in [5.74, 6) is -1.42. The highest BCUT2D eigenvalue weighted by molar-refractivity contribution is 7.81. The van der Waals surface area contributed by atoms with Gasteiger partial charge < -0.3 is 4.90 Å². The highest BCUT2D eigenvalue weighted by atomic mass is 32.1. The fourth-order valence-electron chi connectivity index (χ4n) is 3.76. The van der Waals surface area contributed by atoms with Crippen molar-refractivity contribution >= 4 is 45.9 Å². The van der Waals surface area contributed by atoms with Crippen LogP contribution >= 0.6 is 12.2 Å². The Bertz CT molecular complexity index is 1440. The summed E-state index contributed by atoms with van der Waals surface area (Å²) in [6.07, 6.45) is -1.82. The van der Waals surface area contributed by atoms with Gasteiger partial charge in [0.25, 0.3) is 17.9 Å². The Morgan fingerprint density at radius 2 is 1.85 bits per heavy atom. The van der Waals surface area contributed by atoms with Crippen molar-refractivity contribution in [2.75, 3.05) is 9.80 Å². The number of nitrogens with zero attached hydrogens (tertiary/aromatic N) is 5. The Kier molecular flexibility index (Phi) is 5.21. The predicted molar refractivity (Wildman–Crippen MR) is 120 cm³/mol. The van der Waals surface area contributed by atoms with Crippen molar-refractivity contribution in [2.24, 2.45) is 0 Å². The van der Waals surface area contributed by atoms with E-state index >= 15 is 0 Å². The lowest BCUT2D eigenvalue weighted by molar-refractivity contribution is -0.120. The zero-order chi connectivity index (χ0) is 24.2. The number of rotatable bonds is 3. The predicted octanol–water partition coefficient (Wildman–Crippen LogP) is 4.55. The van der Waals surface area contributed by atoms with E-state index in [2.05, 4.69) is 9.83 Å². The number of fused-ring (bicyclic) bond motifs is 1. The van der Waals surface area contributed by atoms with Crippen LogP contribution in [0, 0.1) is 19.3 Å². The number of pyridine rings is 1. The van der Waals surface area contributed by atoms with Crippen molar-refractivity contribution < 1.29 is 18.0 Å². The molecule has 2 aromatic heterocycles. The Hall–Kier alpha value is -3.78. The maximum absolute atomic E-state index is 14.9. The minimum absolute atomic E-state index is 0.0314. The van der Waals surface area contributed by atoms with Gasteiger partial charge in [-0.25, -0.2) is 23.0 Å². The average Bonchev–Trinajstić information content (AvgIpc) is 2.92. The van der Waals surface area contributed by atoms with Crippen LogP contribution in [0.3, 0.4) is 0 Å². The van der Waals surface area contributed by atoms with Crippen molar-refractivity contribution in [1.29, 1.82) is 0 Å². The second-order valence-corrected chi connectivity index (χ2v) is 8.33. The molecule has 0 atom stereocenters. The van der Waals surface area contributed by atoms with Gasteiger partial charge in [0, 0.05) is 24.0 Å². The molecule has 1 amide bonds. The van der Waals surface area contributed by atoms with E-state index in [9.17, 15) is 22.8 Å². The molecule has 1 aliphatic heterocycles. The SMILES string of the molecule is [C-]#[N+]c1ccc(N2C(=O)C(C)(C)N(c3cc(F)c4nc(C(F)F)cc(=O)n4c3)C2=S)cc1C. The van der Waals surface area contributed by atoms with Crippen molar-refractivity contribution in [1.82, 2.24) is 9.38 Å². The Morgan fingerprint density at radius 1 is 1.15 bits per heavy atom.